The number of hydrogen-bond acceptors (Lipinski definition) is 2. The van der Waals surface area contributed by atoms with Crippen LogP contribution in [0.15, 0.2) is 4.84 Å². The van der Waals surface area contributed by atoms with Crippen molar-refractivity contribution in [2.45, 2.75) is 0 Å². The van der Waals surface area contributed by atoms with Crippen molar-refractivity contribution in [1.29, 1.82) is 0 Å². The van der Waals surface area contributed by atoms with E-state index in [1.807, 2.05) is 6.66 Å². The van der Waals surface area contributed by atoms with Gasteiger partial charge >= 0.3 is 0 Å². The Bertz CT molecular complexity index is 32.8. The van der Waals surface area contributed by atoms with Crippen molar-refractivity contribution >= 4 is 17.5 Å². The highest BCUT2D eigenvalue weighted by molar-refractivity contribution is 7.70. The van der Waals surface area contributed by atoms with Crippen LogP contribution in [0.3, 0.4) is 0 Å². The minimum atomic E-state index is -0.471. The summed E-state index contributed by atoms with van der Waals surface area (Å²) in [5.41, 5.74) is 0. The van der Waals surface area contributed by atoms with Gasteiger partial charge in [0, 0.05) is 0 Å². The molecule has 0 heterocycles. The first-order valence-electron chi connectivity index (χ1n) is 1.35. The van der Waals surface area contributed by atoms with E-state index < -0.39 is 9.35 Å². The summed E-state index contributed by atoms with van der Waals surface area (Å²) in [6.07, 6.45) is 0. The highest BCUT2D eigenvalue weighted by Crippen LogP contribution is 1.94. The van der Waals surface area contributed by atoms with Crippen LogP contribution in [0.2, 0.25) is 0 Å². The molecule has 0 aromatic rings. The molecule has 0 radical (unpaired) electrons. The maximum Gasteiger partial charge on any atom is 0.229 e. The van der Waals surface area contributed by atoms with Gasteiger partial charge in [-0.15, -0.1) is 13.0 Å². The Morgan fingerprint density at radius 1 is 2.00 bits per heavy atom. The van der Waals surface area contributed by atoms with Gasteiger partial charge in [0.25, 0.3) is 0 Å². The minimum Gasteiger partial charge on any atom is -0.163 e. The van der Waals surface area contributed by atoms with Gasteiger partial charge in [0.05, 0.1) is 0 Å². The molecule has 0 aromatic heterocycles. The van der Waals surface area contributed by atoms with E-state index in [9.17, 15) is 4.91 Å². The lowest BCUT2D eigenvalue weighted by atomic mass is 12.0. The highest BCUT2D eigenvalue weighted by atomic mass is 31.3. The summed E-state index contributed by atoms with van der Waals surface area (Å²) in [7, 11) is 0.347. The lowest BCUT2D eigenvalue weighted by Crippen LogP contribution is -1.61. The van der Waals surface area contributed by atoms with Gasteiger partial charge in [0.15, 0.2) is 0 Å². The lowest BCUT2D eigenvalue weighted by molar-refractivity contribution is 1.83. The van der Waals surface area contributed by atoms with Crippen LogP contribution in [0.4, 0.5) is 0 Å². The molecule has 0 aliphatic rings. The second-order valence-electron chi connectivity index (χ2n) is 0.641. The van der Waals surface area contributed by atoms with Crippen molar-refractivity contribution in [2.75, 3.05) is 6.66 Å². The second kappa shape index (κ2) is 4.25. The summed E-state index contributed by atoms with van der Waals surface area (Å²) in [5, 5.41) is 0. The molecule has 1 unspecified atom stereocenters. The first-order chi connectivity index (χ1) is 2.41. The fourth-order valence-corrected chi connectivity index (χ4v) is 0.581. The summed E-state index contributed by atoms with van der Waals surface area (Å²) in [5.74, 6) is 0. The molecule has 0 fully saturated rings. The summed E-state index contributed by atoms with van der Waals surface area (Å²) >= 11 is 0. The Hall–Kier alpha value is 0.247. The van der Waals surface area contributed by atoms with E-state index in [0.29, 0.717) is 0 Å². The normalized spacial score (nSPS) is 12.2. The number of nitroso groups, excluding NO2 is 1. The van der Waals surface area contributed by atoms with E-state index in [0.717, 1.165) is 8.13 Å². The fraction of sp³-hybridized carbons (Fsp3) is 1.00. The zero-order valence-electron chi connectivity index (χ0n) is 3.06. The maximum absolute atomic E-state index is 9.22. The molecule has 0 saturated heterocycles. The standard InChI is InChI=1S/CH6NOPSi/c1-4-5-2-3/h4H,5H2,1H3. The van der Waals surface area contributed by atoms with Crippen LogP contribution in [-0.2, 0) is 0 Å². The van der Waals surface area contributed by atoms with Gasteiger partial charge in [0.2, 0.25) is 9.35 Å². The molecule has 0 spiro atoms. The van der Waals surface area contributed by atoms with Crippen LogP contribution < -0.4 is 0 Å². The Kier molecular flexibility index (Phi) is 4.46. The van der Waals surface area contributed by atoms with E-state index >= 15 is 0 Å². The molecule has 1 atom stereocenters. The molecule has 0 aliphatic heterocycles. The molecule has 0 saturated carbocycles. The molecule has 5 heavy (non-hydrogen) atoms. The maximum atomic E-state index is 9.22. The summed E-state index contributed by atoms with van der Waals surface area (Å²) < 4.78 is 0. The van der Waals surface area contributed by atoms with Crippen molar-refractivity contribution in [3.8, 4) is 0 Å². The third-order valence-corrected chi connectivity index (χ3v) is 2.00. The highest BCUT2D eigenvalue weighted by Gasteiger charge is 1.69. The number of nitrogens with zero attached hydrogens (tertiary/aromatic N) is 1. The van der Waals surface area contributed by atoms with Gasteiger partial charge in [-0.25, -0.2) is 0 Å². The molecule has 0 N–H and O–H groups in total. The van der Waals surface area contributed by atoms with E-state index in [2.05, 4.69) is 4.84 Å². The molecular formula is CH6NOPSi. The van der Waals surface area contributed by atoms with Gasteiger partial charge in [-0.2, -0.15) is 4.91 Å². The zero-order valence-corrected chi connectivity index (χ0v) is 5.48. The summed E-state index contributed by atoms with van der Waals surface area (Å²) in [4.78, 5) is 12.0. The van der Waals surface area contributed by atoms with Gasteiger partial charge < -0.3 is 0 Å². The van der Waals surface area contributed by atoms with E-state index in [4.69, 9.17) is 0 Å². The van der Waals surface area contributed by atoms with Crippen LogP contribution in [-0.4, -0.2) is 16.0 Å². The summed E-state index contributed by atoms with van der Waals surface area (Å²) in [6, 6.07) is 0. The van der Waals surface area contributed by atoms with Crippen LogP contribution >= 0.6 is 8.13 Å². The van der Waals surface area contributed by atoms with Crippen LogP contribution in [0.25, 0.3) is 0 Å². The fourth-order valence-electron chi connectivity index (χ4n) is 0.0645. The predicted molar refractivity (Wildman–Crippen MR) is 28.6 cm³/mol. The van der Waals surface area contributed by atoms with Gasteiger partial charge in [0.1, 0.15) is 0 Å². The third-order valence-electron chi connectivity index (χ3n) is 0.223. The SMILES string of the molecule is CP[SiH2]N=O. The molecule has 0 aliphatic carbocycles. The molecule has 0 bridgehead atoms. The van der Waals surface area contributed by atoms with E-state index in [1.54, 1.807) is 0 Å². The number of hydrogen-bond donors (Lipinski definition) is 0. The Morgan fingerprint density at radius 3 is 2.60 bits per heavy atom. The third kappa shape index (κ3) is 4.25. The van der Waals surface area contributed by atoms with Crippen molar-refractivity contribution in [1.82, 2.24) is 0 Å². The molecule has 30 valence electrons. The quantitative estimate of drug-likeness (QED) is 0.279. The van der Waals surface area contributed by atoms with Crippen molar-refractivity contribution in [3.05, 3.63) is 4.91 Å². The predicted octanol–water partition coefficient (Wildman–Crippen LogP) is 0.0599. The second-order valence-corrected chi connectivity index (χ2v) is 4.99. The van der Waals surface area contributed by atoms with Gasteiger partial charge in [-0.1, -0.05) is 0 Å². The van der Waals surface area contributed by atoms with Crippen LogP contribution in [0.1, 0.15) is 0 Å². The Labute approximate surface area is 34.9 Å². The zero-order chi connectivity index (χ0) is 4.12. The van der Waals surface area contributed by atoms with Crippen molar-refractivity contribution in [3.63, 3.8) is 0 Å². The molecular weight excluding hydrogens is 101 g/mol. The first-order valence-corrected chi connectivity index (χ1v) is 5.81. The topological polar surface area (TPSA) is 29.4 Å². The first kappa shape index (κ1) is 5.25. The smallest absolute Gasteiger partial charge is 0.163 e. The van der Waals surface area contributed by atoms with Crippen molar-refractivity contribution in [2.24, 2.45) is 4.84 Å². The van der Waals surface area contributed by atoms with E-state index in [1.165, 1.54) is 0 Å². The van der Waals surface area contributed by atoms with Crippen LogP contribution in [0.5, 0.6) is 0 Å². The lowest BCUT2D eigenvalue weighted by Gasteiger charge is -1.67. The molecule has 4 heteroatoms. The van der Waals surface area contributed by atoms with Crippen molar-refractivity contribution < 1.29 is 0 Å². The average Bonchev–Trinajstić information content (AvgIpc) is 1.41. The Balaban J connectivity index is 2.40. The minimum absolute atomic E-state index is 0.471. The summed E-state index contributed by atoms with van der Waals surface area (Å²) in [6.45, 7) is 2.01. The van der Waals surface area contributed by atoms with E-state index in [-0.39, 0.29) is 0 Å². The Morgan fingerprint density at radius 2 is 2.60 bits per heavy atom. The molecule has 2 nitrogen and oxygen atoms in total. The monoisotopic (exact) mass is 107 g/mol. The average molecular weight is 107 g/mol. The van der Waals surface area contributed by atoms with Crippen LogP contribution in [0, 0.1) is 4.91 Å². The number of rotatable bonds is 2. The molecule has 0 amide bonds. The molecule has 0 aromatic carbocycles. The van der Waals surface area contributed by atoms with Gasteiger partial charge in [-0.05, 0) is 6.66 Å². The van der Waals surface area contributed by atoms with Gasteiger partial charge in [-0.3, -0.25) is 0 Å². The largest absolute Gasteiger partial charge is 0.229 e. The molecule has 0 rings (SSSR count).